The van der Waals surface area contributed by atoms with E-state index in [9.17, 15) is 9.59 Å². The molecule has 1 aliphatic rings. The summed E-state index contributed by atoms with van der Waals surface area (Å²) in [5.74, 6) is 0.974. The third-order valence-corrected chi connectivity index (χ3v) is 6.91. The van der Waals surface area contributed by atoms with Crippen LogP contribution >= 0.6 is 22.9 Å². The number of thiazole rings is 1. The lowest BCUT2D eigenvalue weighted by Crippen LogP contribution is -2.24. The van der Waals surface area contributed by atoms with Gasteiger partial charge in [0.05, 0.1) is 37.9 Å². The molecule has 1 atom stereocenters. The number of carbonyl (C=O) groups excluding carboxylic acids is 2. The van der Waals surface area contributed by atoms with E-state index < -0.39 is 0 Å². The van der Waals surface area contributed by atoms with Gasteiger partial charge in [0.1, 0.15) is 11.5 Å². The first-order valence-corrected chi connectivity index (χ1v) is 12.6. The Morgan fingerprint density at radius 2 is 1.95 bits per heavy atom. The van der Waals surface area contributed by atoms with E-state index in [1.165, 1.54) is 11.3 Å². The number of nitrogens with one attached hydrogen (secondary N) is 1. The van der Waals surface area contributed by atoms with Crippen molar-refractivity contribution in [2.75, 3.05) is 31.0 Å². The number of nitrogens with zero attached hydrogens (tertiary/aromatic N) is 4. The number of benzene rings is 2. The van der Waals surface area contributed by atoms with Crippen molar-refractivity contribution in [3.63, 3.8) is 0 Å². The maximum atomic E-state index is 12.7. The van der Waals surface area contributed by atoms with Gasteiger partial charge in [0.25, 0.3) is 0 Å². The number of aromatic nitrogens is 3. The zero-order valence-electron chi connectivity index (χ0n) is 19.9. The Balaban J connectivity index is 1.22. The van der Waals surface area contributed by atoms with Crippen molar-refractivity contribution in [2.45, 2.75) is 18.8 Å². The molecule has 190 valence electrons. The van der Waals surface area contributed by atoms with Gasteiger partial charge in [-0.05, 0) is 6.07 Å². The van der Waals surface area contributed by atoms with E-state index in [1.54, 1.807) is 43.4 Å². The largest absolute Gasteiger partial charge is 0.497 e. The molecule has 1 fully saturated rings. The summed E-state index contributed by atoms with van der Waals surface area (Å²) in [5.41, 5.74) is 2.12. The fourth-order valence-corrected chi connectivity index (χ4v) is 4.97. The van der Waals surface area contributed by atoms with Crippen molar-refractivity contribution in [2.24, 2.45) is 0 Å². The lowest BCUT2D eigenvalue weighted by atomic mass is 10.1. The first kappa shape index (κ1) is 24.7. The Kier molecular flexibility index (Phi) is 7.06. The molecule has 2 amide bonds. The highest BCUT2D eigenvalue weighted by atomic mass is 35.5. The van der Waals surface area contributed by atoms with Gasteiger partial charge in [-0.1, -0.05) is 35.0 Å². The number of halogens is 1. The number of methoxy groups -OCH3 is 2. The lowest BCUT2D eigenvalue weighted by molar-refractivity contribution is -0.117. The molecule has 1 unspecified atom stereocenters. The normalized spacial score (nSPS) is 15.2. The second-order valence-electron chi connectivity index (χ2n) is 8.27. The Hall–Kier alpha value is -3.96. The van der Waals surface area contributed by atoms with Crippen LogP contribution in [0.2, 0.25) is 5.02 Å². The van der Waals surface area contributed by atoms with Crippen LogP contribution < -0.4 is 19.7 Å². The summed E-state index contributed by atoms with van der Waals surface area (Å²) in [6.07, 6.45) is 0.110. The molecular formula is C25H22ClN5O5S. The van der Waals surface area contributed by atoms with Crippen molar-refractivity contribution >= 4 is 45.6 Å². The minimum Gasteiger partial charge on any atom is -0.497 e. The smallest absolute Gasteiger partial charge is 0.233 e. The monoisotopic (exact) mass is 539 g/mol. The molecule has 1 N–H and O–H groups in total. The first-order chi connectivity index (χ1) is 17.9. The summed E-state index contributed by atoms with van der Waals surface area (Å²) in [6.45, 7) is 0.354. The van der Waals surface area contributed by atoms with Crippen LogP contribution in [0.1, 0.15) is 24.1 Å². The Bertz CT molecular complexity index is 1430. The van der Waals surface area contributed by atoms with Gasteiger partial charge in [0, 0.05) is 47.1 Å². The molecule has 3 heterocycles. The summed E-state index contributed by atoms with van der Waals surface area (Å²) in [4.78, 5) is 35.7. The molecule has 37 heavy (non-hydrogen) atoms. The van der Waals surface area contributed by atoms with E-state index in [2.05, 4.69) is 20.4 Å². The van der Waals surface area contributed by atoms with Crippen LogP contribution in [0.25, 0.3) is 11.3 Å². The number of hydrogen-bond donors (Lipinski definition) is 1. The molecule has 1 aliphatic heterocycles. The molecule has 0 aliphatic carbocycles. The van der Waals surface area contributed by atoms with Crippen LogP contribution in [-0.2, 0) is 16.0 Å². The molecular weight excluding hydrogens is 518 g/mol. The summed E-state index contributed by atoms with van der Waals surface area (Å²) in [6, 6.07) is 12.6. The standard InChI is InChI=1S/C25H22ClN5O5S/c1-34-16-8-15(9-17(10-16)35-2)31-12-14(7-23(31)33)24-28-21(30-36-24)11-22(32)29-25-27-20(13-37-25)18-5-3-4-6-19(18)26/h3-6,8-10,13-14H,7,11-12H2,1-2H3,(H,27,29,32). The van der Waals surface area contributed by atoms with Gasteiger partial charge in [0.2, 0.25) is 17.7 Å². The zero-order chi connectivity index (χ0) is 25.9. The van der Waals surface area contributed by atoms with Gasteiger partial charge < -0.3 is 24.2 Å². The van der Waals surface area contributed by atoms with E-state index >= 15 is 0 Å². The van der Waals surface area contributed by atoms with Gasteiger partial charge >= 0.3 is 0 Å². The topological polar surface area (TPSA) is 120 Å². The number of amides is 2. The fourth-order valence-electron chi connectivity index (χ4n) is 4.01. The van der Waals surface area contributed by atoms with E-state index in [1.807, 2.05) is 23.6 Å². The summed E-state index contributed by atoms with van der Waals surface area (Å²) < 4.78 is 16.0. The average Bonchev–Trinajstić information content (AvgIpc) is 3.64. The lowest BCUT2D eigenvalue weighted by Gasteiger charge is -2.18. The Morgan fingerprint density at radius 1 is 1.19 bits per heavy atom. The average molecular weight is 540 g/mol. The summed E-state index contributed by atoms with van der Waals surface area (Å²) in [7, 11) is 3.10. The Morgan fingerprint density at radius 3 is 2.68 bits per heavy atom. The second kappa shape index (κ2) is 10.6. The minimum atomic E-state index is -0.333. The SMILES string of the molecule is COc1cc(OC)cc(N2CC(c3nc(CC(=O)Nc4nc(-c5ccccc5Cl)cs4)no3)CC2=O)c1. The highest BCUT2D eigenvalue weighted by Crippen LogP contribution is 2.35. The van der Waals surface area contributed by atoms with Crippen LogP contribution in [-0.4, -0.2) is 47.7 Å². The minimum absolute atomic E-state index is 0.0871. The third-order valence-electron chi connectivity index (χ3n) is 5.82. The van der Waals surface area contributed by atoms with E-state index in [4.69, 9.17) is 25.6 Å². The van der Waals surface area contributed by atoms with Crippen molar-refractivity contribution in [3.8, 4) is 22.8 Å². The maximum Gasteiger partial charge on any atom is 0.233 e. The van der Waals surface area contributed by atoms with Crippen LogP contribution in [0.15, 0.2) is 52.4 Å². The van der Waals surface area contributed by atoms with Gasteiger partial charge in [-0.25, -0.2) is 4.98 Å². The molecule has 10 nitrogen and oxygen atoms in total. The fraction of sp³-hybridized carbons (Fsp3) is 0.240. The van der Waals surface area contributed by atoms with Gasteiger partial charge in [-0.2, -0.15) is 4.98 Å². The maximum absolute atomic E-state index is 12.7. The van der Waals surface area contributed by atoms with E-state index in [0.717, 1.165) is 5.56 Å². The molecule has 0 saturated carbocycles. The summed E-state index contributed by atoms with van der Waals surface area (Å²) in [5, 5.41) is 9.53. The molecule has 2 aromatic carbocycles. The number of rotatable bonds is 8. The van der Waals surface area contributed by atoms with Crippen molar-refractivity contribution in [1.82, 2.24) is 15.1 Å². The van der Waals surface area contributed by atoms with Crippen molar-refractivity contribution in [3.05, 3.63) is 64.6 Å². The second-order valence-corrected chi connectivity index (χ2v) is 9.53. The first-order valence-electron chi connectivity index (χ1n) is 11.3. The molecule has 12 heteroatoms. The summed E-state index contributed by atoms with van der Waals surface area (Å²) >= 11 is 7.53. The molecule has 0 spiro atoms. The highest BCUT2D eigenvalue weighted by molar-refractivity contribution is 7.14. The predicted molar refractivity (Wildman–Crippen MR) is 138 cm³/mol. The highest BCUT2D eigenvalue weighted by Gasteiger charge is 2.35. The number of ether oxygens (including phenoxy) is 2. The molecule has 2 aromatic heterocycles. The van der Waals surface area contributed by atoms with Gasteiger partial charge in [-0.15, -0.1) is 11.3 Å². The van der Waals surface area contributed by atoms with Gasteiger partial charge in [0.15, 0.2) is 11.0 Å². The van der Waals surface area contributed by atoms with Crippen LogP contribution in [0.3, 0.4) is 0 Å². The molecule has 0 radical (unpaired) electrons. The Labute approximate surface area is 221 Å². The van der Waals surface area contributed by atoms with Crippen LogP contribution in [0.5, 0.6) is 11.5 Å². The van der Waals surface area contributed by atoms with Crippen molar-refractivity contribution < 1.29 is 23.6 Å². The number of carbonyl (C=O) groups is 2. The molecule has 0 bridgehead atoms. The van der Waals surface area contributed by atoms with Gasteiger partial charge in [-0.3, -0.25) is 9.59 Å². The molecule has 4 aromatic rings. The third kappa shape index (κ3) is 5.42. The van der Waals surface area contributed by atoms with Crippen LogP contribution in [0.4, 0.5) is 10.8 Å². The van der Waals surface area contributed by atoms with Crippen LogP contribution in [0, 0.1) is 0 Å². The van der Waals surface area contributed by atoms with Crippen molar-refractivity contribution in [1.29, 1.82) is 0 Å². The quantitative estimate of drug-likeness (QED) is 0.346. The predicted octanol–water partition coefficient (Wildman–Crippen LogP) is 4.57. The molecule has 5 rings (SSSR count). The number of hydrogen-bond acceptors (Lipinski definition) is 9. The zero-order valence-corrected chi connectivity index (χ0v) is 21.5. The molecule has 1 saturated heterocycles. The van der Waals surface area contributed by atoms with E-state index in [0.29, 0.717) is 45.5 Å². The van der Waals surface area contributed by atoms with E-state index in [-0.39, 0.29) is 36.4 Å². The number of anilines is 2.